The van der Waals surface area contributed by atoms with Gasteiger partial charge in [-0.1, -0.05) is 28.1 Å². The van der Waals surface area contributed by atoms with Gasteiger partial charge in [-0.3, -0.25) is 4.79 Å². The topological polar surface area (TPSA) is 49.7 Å². The van der Waals surface area contributed by atoms with Crippen molar-refractivity contribution in [2.75, 3.05) is 0 Å². The molecule has 0 aliphatic carbocycles. The van der Waals surface area contributed by atoms with Gasteiger partial charge in [0.2, 0.25) is 0 Å². The van der Waals surface area contributed by atoms with Crippen molar-refractivity contribution in [1.29, 1.82) is 0 Å². The Morgan fingerprint density at radius 3 is 2.62 bits per heavy atom. The van der Waals surface area contributed by atoms with E-state index >= 15 is 0 Å². The van der Waals surface area contributed by atoms with Gasteiger partial charge < -0.3 is 5.21 Å². The Bertz CT molecular complexity index is 319. The number of rotatable bonds is 3. The lowest BCUT2D eigenvalue weighted by Gasteiger charge is -1.96. The third kappa shape index (κ3) is 2.99. The van der Waals surface area contributed by atoms with E-state index in [2.05, 4.69) is 21.1 Å². The molecule has 0 fully saturated rings. The number of hydrogen-bond acceptors (Lipinski definition) is 3. The highest BCUT2D eigenvalue weighted by molar-refractivity contribution is 9.10. The first-order valence-electron chi connectivity index (χ1n) is 3.68. The number of Topliss-reactive ketones (excluding diaryl/α,β-unsaturated/α-hetero) is 1. The number of halogens is 1. The number of carbonyl (C=O) groups is 1. The first-order valence-corrected chi connectivity index (χ1v) is 4.48. The molecule has 0 unspecified atom stereocenters. The monoisotopic (exact) mass is 241 g/mol. The van der Waals surface area contributed by atoms with Crippen LogP contribution >= 0.6 is 15.9 Å². The van der Waals surface area contributed by atoms with Gasteiger partial charge in [0.15, 0.2) is 5.78 Å². The molecule has 0 amide bonds. The molecule has 0 aliphatic heterocycles. The molecule has 4 heteroatoms. The average molecular weight is 242 g/mol. The second kappa shape index (κ2) is 4.77. The summed E-state index contributed by atoms with van der Waals surface area (Å²) in [7, 11) is 0. The molecule has 0 aliphatic rings. The van der Waals surface area contributed by atoms with Crippen molar-refractivity contribution in [2.45, 2.75) is 6.42 Å². The first-order chi connectivity index (χ1) is 6.24. The number of ketones is 1. The Morgan fingerprint density at radius 1 is 1.46 bits per heavy atom. The van der Waals surface area contributed by atoms with Crippen LogP contribution in [-0.4, -0.2) is 17.2 Å². The third-order valence-corrected chi connectivity index (χ3v) is 2.05. The van der Waals surface area contributed by atoms with Gasteiger partial charge in [0.25, 0.3) is 0 Å². The van der Waals surface area contributed by atoms with Crippen LogP contribution in [-0.2, 0) is 0 Å². The van der Waals surface area contributed by atoms with Crippen molar-refractivity contribution in [1.82, 2.24) is 0 Å². The molecule has 0 bridgehead atoms. The second-order valence-corrected chi connectivity index (χ2v) is 3.35. The molecule has 0 atom stereocenters. The van der Waals surface area contributed by atoms with Crippen LogP contribution in [0.2, 0.25) is 0 Å². The zero-order chi connectivity index (χ0) is 9.68. The van der Waals surface area contributed by atoms with Crippen molar-refractivity contribution in [3.05, 3.63) is 34.3 Å². The van der Waals surface area contributed by atoms with Gasteiger partial charge in [0.1, 0.15) is 0 Å². The van der Waals surface area contributed by atoms with E-state index in [1.807, 2.05) is 0 Å². The van der Waals surface area contributed by atoms with Gasteiger partial charge in [-0.05, 0) is 12.1 Å². The molecule has 68 valence electrons. The van der Waals surface area contributed by atoms with E-state index < -0.39 is 0 Å². The molecule has 0 heterocycles. The molecule has 3 nitrogen and oxygen atoms in total. The summed E-state index contributed by atoms with van der Waals surface area (Å²) in [6.45, 7) is 0. The molecule has 1 rings (SSSR count). The van der Waals surface area contributed by atoms with Gasteiger partial charge >= 0.3 is 0 Å². The minimum absolute atomic E-state index is 0.0645. The minimum atomic E-state index is -0.0645. The van der Waals surface area contributed by atoms with Crippen LogP contribution in [0.5, 0.6) is 0 Å². The van der Waals surface area contributed by atoms with E-state index in [-0.39, 0.29) is 12.2 Å². The molecular formula is C9H8BrNO2. The van der Waals surface area contributed by atoms with E-state index in [9.17, 15) is 4.79 Å². The molecule has 0 saturated heterocycles. The lowest BCUT2D eigenvalue weighted by Crippen LogP contribution is -1.98. The van der Waals surface area contributed by atoms with Gasteiger partial charge in [0, 0.05) is 16.5 Å². The van der Waals surface area contributed by atoms with Crippen LogP contribution in [0.3, 0.4) is 0 Å². The van der Waals surface area contributed by atoms with Crippen molar-refractivity contribution in [2.24, 2.45) is 5.16 Å². The van der Waals surface area contributed by atoms with Crippen LogP contribution in [0.1, 0.15) is 16.8 Å². The molecular weight excluding hydrogens is 234 g/mol. The highest BCUT2D eigenvalue weighted by Gasteiger charge is 2.02. The molecule has 0 radical (unpaired) electrons. The lowest BCUT2D eigenvalue weighted by atomic mass is 10.1. The maximum absolute atomic E-state index is 11.3. The Morgan fingerprint density at radius 2 is 2.08 bits per heavy atom. The minimum Gasteiger partial charge on any atom is -0.411 e. The number of carbonyl (C=O) groups excluding carboxylic acids is 1. The zero-order valence-corrected chi connectivity index (χ0v) is 8.36. The quantitative estimate of drug-likeness (QED) is 0.383. The normalized spacial score (nSPS) is 10.5. The van der Waals surface area contributed by atoms with E-state index in [1.54, 1.807) is 24.3 Å². The maximum Gasteiger partial charge on any atom is 0.168 e. The SMILES string of the molecule is O=C(CC=NO)c1ccc(Br)cc1. The standard InChI is InChI=1S/C9H8BrNO2/c10-8-3-1-7(2-4-8)9(12)5-6-11-13/h1-4,6,13H,5H2. The smallest absolute Gasteiger partial charge is 0.168 e. The first kappa shape index (κ1) is 9.92. The Hall–Kier alpha value is -1.16. The van der Waals surface area contributed by atoms with E-state index in [0.717, 1.165) is 4.47 Å². The predicted octanol–water partition coefficient (Wildman–Crippen LogP) is 2.48. The van der Waals surface area contributed by atoms with Crippen molar-refractivity contribution in [3.8, 4) is 0 Å². The summed E-state index contributed by atoms with van der Waals surface area (Å²) in [5.41, 5.74) is 0.614. The Labute approximate surface area is 84.2 Å². The number of nitrogens with zero attached hydrogens (tertiary/aromatic N) is 1. The van der Waals surface area contributed by atoms with Crippen molar-refractivity contribution >= 4 is 27.9 Å². The summed E-state index contributed by atoms with van der Waals surface area (Å²) < 4.78 is 0.930. The van der Waals surface area contributed by atoms with E-state index in [4.69, 9.17) is 5.21 Å². The lowest BCUT2D eigenvalue weighted by molar-refractivity contribution is 0.100. The van der Waals surface area contributed by atoms with Crippen LogP contribution in [0, 0.1) is 0 Å². The fraction of sp³-hybridized carbons (Fsp3) is 0.111. The predicted molar refractivity (Wildman–Crippen MR) is 53.4 cm³/mol. The zero-order valence-electron chi connectivity index (χ0n) is 6.77. The van der Waals surface area contributed by atoms with Crippen LogP contribution in [0.25, 0.3) is 0 Å². The van der Waals surface area contributed by atoms with Crippen molar-refractivity contribution < 1.29 is 10.0 Å². The van der Waals surface area contributed by atoms with Crippen LogP contribution in [0.4, 0.5) is 0 Å². The highest BCUT2D eigenvalue weighted by atomic mass is 79.9. The van der Waals surface area contributed by atoms with Gasteiger partial charge in [-0.25, -0.2) is 0 Å². The molecule has 0 saturated carbocycles. The van der Waals surface area contributed by atoms with Crippen molar-refractivity contribution in [3.63, 3.8) is 0 Å². The fourth-order valence-electron chi connectivity index (χ4n) is 0.877. The third-order valence-electron chi connectivity index (χ3n) is 1.52. The van der Waals surface area contributed by atoms with Gasteiger partial charge in [-0.15, -0.1) is 5.16 Å². The Balaban J connectivity index is 2.72. The number of hydrogen-bond donors (Lipinski definition) is 1. The maximum atomic E-state index is 11.3. The largest absolute Gasteiger partial charge is 0.411 e. The fourth-order valence-corrected chi connectivity index (χ4v) is 1.14. The molecule has 1 aromatic rings. The summed E-state index contributed by atoms with van der Waals surface area (Å²) >= 11 is 3.27. The average Bonchev–Trinajstić information content (AvgIpc) is 2.15. The van der Waals surface area contributed by atoms with Crippen LogP contribution in [0.15, 0.2) is 33.9 Å². The molecule has 1 N–H and O–H groups in total. The van der Waals surface area contributed by atoms with Gasteiger partial charge in [0.05, 0.1) is 6.21 Å². The molecule has 0 spiro atoms. The van der Waals surface area contributed by atoms with Crippen LogP contribution < -0.4 is 0 Å². The number of benzene rings is 1. The van der Waals surface area contributed by atoms with E-state index in [0.29, 0.717) is 5.56 Å². The van der Waals surface area contributed by atoms with Gasteiger partial charge in [-0.2, -0.15) is 0 Å². The molecule has 1 aromatic carbocycles. The summed E-state index contributed by atoms with van der Waals surface area (Å²) in [6, 6.07) is 7.03. The molecule has 0 aromatic heterocycles. The second-order valence-electron chi connectivity index (χ2n) is 2.43. The number of oxime groups is 1. The van der Waals surface area contributed by atoms with E-state index in [1.165, 1.54) is 6.21 Å². The Kier molecular flexibility index (Phi) is 3.64. The summed E-state index contributed by atoms with van der Waals surface area (Å²) in [5.74, 6) is -0.0645. The summed E-state index contributed by atoms with van der Waals surface area (Å²) in [4.78, 5) is 11.3. The molecule has 13 heavy (non-hydrogen) atoms. The summed E-state index contributed by atoms with van der Waals surface area (Å²) in [6.07, 6.45) is 1.29. The summed E-state index contributed by atoms with van der Waals surface area (Å²) in [5, 5.41) is 10.9. The highest BCUT2D eigenvalue weighted by Crippen LogP contribution is 2.11.